The van der Waals surface area contributed by atoms with Gasteiger partial charge in [0.25, 0.3) is 0 Å². The average Bonchev–Trinajstić information content (AvgIpc) is 2.41. The minimum atomic E-state index is 0.204. The summed E-state index contributed by atoms with van der Waals surface area (Å²) < 4.78 is 0. The largest absolute Gasteiger partial charge is 0.320 e. The van der Waals surface area contributed by atoms with E-state index in [-0.39, 0.29) is 5.92 Å². The maximum absolute atomic E-state index is 9.50. The van der Waals surface area contributed by atoms with Crippen molar-refractivity contribution in [1.29, 1.82) is 0 Å². The fourth-order valence-corrected chi connectivity index (χ4v) is 1.26. The van der Waals surface area contributed by atoms with Crippen molar-refractivity contribution in [2.24, 2.45) is 5.92 Å². The summed E-state index contributed by atoms with van der Waals surface area (Å²) in [5.74, 6) is 0.204. The normalized spacial score (nSPS) is 9.06. The molecule has 0 aliphatic carbocycles. The highest BCUT2D eigenvalue weighted by molar-refractivity contribution is 5.51. The van der Waals surface area contributed by atoms with Crippen LogP contribution in [0.3, 0.4) is 0 Å². The summed E-state index contributed by atoms with van der Waals surface area (Å²) in [5.41, 5.74) is 0. The molecule has 0 radical (unpaired) electrons. The van der Waals surface area contributed by atoms with E-state index in [0.29, 0.717) is 0 Å². The van der Waals surface area contributed by atoms with Crippen LogP contribution in [0.15, 0.2) is 0 Å². The van der Waals surface area contributed by atoms with Crippen LogP contribution in [0.25, 0.3) is 0 Å². The van der Waals surface area contributed by atoms with Gasteiger partial charge in [0.05, 0.1) is 0 Å². The fraction of sp³-hybridized carbons (Fsp3) is 0.938. The molecule has 0 aliphatic heterocycles. The second-order valence-corrected chi connectivity index (χ2v) is 4.60. The number of carbonyl (C=O) groups excluding carboxylic acids is 1. The summed E-state index contributed by atoms with van der Waals surface area (Å²) in [5, 5.41) is 3.17. The topological polar surface area (TPSA) is 29.1 Å². The second kappa shape index (κ2) is 25.5. The first-order valence-corrected chi connectivity index (χ1v) is 7.78. The summed E-state index contributed by atoms with van der Waals surface area (Å²) in [6.07, 6.45) is 10.8. The highest BCUT2D eigenvalue weighted by atomic mass is 16.1. The molecular formula is C16H37NO. The molecule has 0 aromatic heterocycles. The van der Waals surface area contributed by atoms with E-state index in [1.54, 1.807) is 0 Å². The van der Waals surface area contributed by atoms with Gasteiger partial charge in [0, 0.05) is 5.92 Å². The molecule has 18 heavy (non-hydrogen) atoms. The number of nitrogens with one attached hydrogen (secondary N) is 1. The van der Waals surface area contributed by atoms with Crippen molar-refractivity contribution in [3.63, 3.8) is 0 Å². The molecule has 0 bridgehead atoms. The molecule has 0 unspecified atom stereocenters. The van der Waals surface area contributed by atoms with Crippen LogP contribution in [-0.4, -0.2) is 19.9 Å². The van der Waals surface area contributed by atoms with Gasteiger partial charge in [0.2, 0.25) is 0 Å². The number of carbonyl (C=O) groups is 1. The van der Waals surface area contributed by atoms with E-state index in [9.17, 15) is 4.79 Å². The van der Waals surface area contributed by atoms with E-state index in [0.717, 1.165) is 6.29 Å². The third kappa shape index (κ3) is 36.1. The van der Waals surface area contributed by atoms with Gasteiger partial charge in [-0.2, -0.15) is 0 Å². The summed E-state index contributed by atoms with van der Waals surface area (Å²) in [6.45, 7) is 11.2. The molecule has 0 rings (SSSR count). The number of hydrogen-bond donors (Lipinski definition) is 1. The van der Waals surface area contributed by atoms with E-state index in [2.05, 4.69) is 12.2 Å². The average molecular weight is 259 g/mol. The van der Waals surface area contributed by atoms with Crippen molar-refractivity contribution >= 4 is 6.29 Å². The molecule has 0 saturated heterocycles. The minimum absolute atomic E-state index is 0.204. The molecular weight excluding hydrogens is 222 g/mol. The van der Waals surface area contributed by atoms with Gasteiger partial charge in [0.15, 0.2) is 0 Å². The summed E-state index contributed by atoms with van der Waals surface area (Å²) >= 11 is 0. The van der Waals surface area contributed by atoms with Gasteiger partial charge < -0.3 is 10.1 Å². The first-order valence-electron chi connectivity index (χ1n) is 7.78. The Balaban J connectivity index is -0.000000270. The number of hydrogen-bond acceptors (Lipinski definition) is 2. The zero-order valence-electron chi connectivity index (χ0n) is 13.7. The molecule has 0 aliphatic rings. The standard InChI is InChI=1S/C10H23N.C4H8O.C2H6/c1-3-4-5-6-7-8-9-10-11-2;1-4(2)3-5;1-2/h11H,3-10H2,1-2H3;3-4H,1-2H3;1-2H3. The lowest BCUT2D eigenvalue weighted by Gasteiger charge is -1.99. The molecule has 0 saturated carbocycles. The van der Waals surface area contributed by atoms with E-state index in [1.165, 1.54) is 51.5 Å². The highest BCUT2D eigenvalue weighted by Gasteiger charge is 1.88. The predicted molar refractivity (Wildman–Crippen MR) is 84.2 cm³/mol. The first kappa shape index (κ1) is 22.8. The molecule has 0 amide bonds. The van der Waals surface area contributed by atoms with Crippen LogP contribution < -0.4 is 5.32 Å². The number of rotatable bonds is 9. The first-order chi connectivity index (χ1) is 8.68. The van der Waals surface area contributed by atoms with Crippen LogP contribution in [0, 0.1) is 5.92 Å². The van der Waals surface area contributed by atoms with E-state index < -0.39 is 0 Å². The van der Waals surface area contributed by atoms with Gasteiger partial charge >= 0.3 is 0 Å². The second-order valence-electron chi connectivity index (χ2n) is 4.60. The molecule has 0 aromatic carbocycles. The van der Waals surface area contributed by atoms with Gasteiger partial charge in [-0.25, -0.2) is 0 Å². The Bertz CT molecular complexity index is 116. The van der Waals surface area contributed by atoms with Crippen LogP contribution in [0.2, 0.25) is 0 Å². The zero-order valence-corrected chi connectivity index (χ0v) is 13.7. The monoisotopic (exact) mass is 259 g/mol. The van der Waals surface area contributed by atoms with Crippen molar-refractivity contribution in [3.8, 4) is 0 Å². The lowest BCUT2D eigenvalue weighted by atomic mass is 10.1. The van der Waals surface area contributed by atoms with Gasteiger partial charge in [-0.15, -0.1) is 0 Å². The Kier molecular flexibility index (Phi) is 32.2. The van der Waals surface area contributed by atoms with E-state index in [4.69, 9.17) is 0 Å². The molecule has 0 atom stereocenters. The smallest absolute Gasteiger partial charge is 0.122 e. The molecule has 2 heteroatoms. The van der Waals surface area contributed by atoms with Crippen LogP contribution >= 0.6 is 0 Å². The minimum Gasteiger partial charge on any atom is -0.320 e. The molecule has 1 N–H and O–H groups in total. The number of unbranched alkanes of at least 4 members (excludes halogenated alkanes) is 6. The third-order valence-corrected chi connectivity index (χ3v) is 2.30. The number of aldehydes is 1. The van der Waals surface area contributed by atoms with Crippen molar-refractivity contribution < 1.29 is 4.79 Å². The van der Waals surface area contributed by atoms with Gasteiger partial charge in [-0.1, -0.05) is 73.1 Å². The Morgan fingerprint density at radius 1 is 0.944 bits per heavy atom. The fourth-order valence-electron chi connectivity index (χ4n) is 1.26. The molecule has 0 fully saturated rings. The Labute approximate surface area is 116 Å². The quantitative estimate of drug-likeness (QED) is 0.475. The van der Waals surface area contributed by atoms with Crippen LogP contribution in [-0.2, 0) is 4.79 Å². The Morgan fingerprint density at radius 2 is 1.33 bits per heavy atom. The maximum atomic E-state index is 9.50. The molecule has 0 spiro atoms. The SMILES string of the molecule is CC.CC(C)C=O.CCCCCCCCCNC. The van der Waals surface area contributed by atoms with Crippen LogP contribution in [0.5, 0.6) is 0 Å². The van der Waals surface area contributed by atoms with Gasteiger partial charge in [0.1, 0.15) is 6.29 Å². The highest BCUT2D eigenvalue weighted by Crippen LogP contribution is 2.05. The zero-order chi connectivity index (χ0) is 14.6. The van der Waals surface area contributed by atoms with Crippen molar-refractivity contribution in [2.75, 3.05) is 13.6 Å². The van der Waals surface area contributed by atoms with Crippen molar-refractivity contribution in [2.45, 2.75) is 79.6 Å². The lowest BCUT2D eigenvalue weighted by Crippen LogP contribution is -2.06. The maximum Gasteiger partial charge on any atom is 0.122 e. The molecule has 0 heterocycles. The van der Waals surface area contributed by atoms with Crippen LogP contribution in [0.4, 0.5) is 0 Å². The predicted octanol–water partition coefficient (Wildman–Crippen LogP) is 4.82. The molecule has 0 aromatic rings. The molecule has 112 valence electrons. The lowest BCUT2D eigenvalue weighted by molar-refractivity contribution is -0.110. The van der Waals surface area contributed by atoms with Gasteiger partial charge in [-0.3, -0.25) is 0 Å². The van der Waals surface area contributed by atoms with Crippen molar-refractivity contribution in [1.82, 2.24) is 5.32 Å². The summed E-state index contributed by atoms with van der Waals surface area (Å²) in [7, 11) is 2.02. The van der Waals surface area contributed by atoms with Crippen molar-refractivity contribution in [3.05, 3.63) is 0 Å². The third-order valence-electron chi connectivity index (χ3n) is 2.30. The van der Waals surface area contributed by atoms with Crippen LogP contribution in [0.1, 0.15) is 79.6 Å². The van der Waals surface area contributed by atoms with E-state index in [1.807, 2.05) is 34.7 Å². The summed E-state index contributed by atoms with van der Waals surface area (Å²) in [4.78, 5) is 9.50. The Hall–Kier alpha value is -0.370. The van der Waals surface area contributed by atoms with Gasteiger partial charge in [-0.05, 0) is 20.0 Å². The molecule has 2 nitrogen and oxygen atoms in total. The van der Waals surface area contributed by atoms with E-state index >= 15 is 0 Å². The summed E-state index contributed by atoms with van der Waals surface area (Å²) in [6, 6.07) is 0. The Morgan fingerprint density at radius 3 is 1.67 bits per heavy atom.